The van der Waals surface area contributed by atoms with E-state index in [4.69, 9.17) is 9.84 Å². The second-order valence-electron chi connectivity index (χ2n) is 9.16. The summed E-state index contributed by atoms with van der Waals surface area (Å²) in [5, 5.41) is 20.0. The van der Waals surface area contributed by atoms with Crippen molar-refractivity contribution in [1.29, 1.82) is 0 Å². The lowest BCUT2D eigenvalue weighted by Gasteiger charge is -2.30. The van der Waals surface area contributed by atoms with E-state index >= 15 is 0 Å². The second kappa shape index (κ2) is 8.37. The van der Waals surface area contributed by atoms with E-state index in [-0.39, 0.29) is 23.5 Å². The molecule has 0 spiro atoms. The first-order chi connectivity index (χ1) is 14.4. The molecule has 4 rings (SSSR count). The number of benzene rings is 2. The van der Waals surface area contributed by atoms with Gasteiger partial charge in [-0.1, -0.05) is 68.5 Å². The molecule has 0 aromatic heterocycles. The third-order valence-electron chi connectivity index (χ3n) is 6.93. The van der Waals surface area contributed by atoms with Gasteiger partial charge in [0, 0.05) is 11.3 Å². The van der Waals surface area contributed by atoms with Crippen LogP contribution in [-0.2, 0) is 16.6 Å². The van der Waals surface area contributed by atoms with Crippen LogP contribution in [0.4, 0.5) is 0 Å². The number of ether oxygens (including phenoxy) is 1. The molecule has 2 fully saturated rings. The molecule has 2 bridgehead atoms. The van der Waals surface area contributed by atoms with E-state index in [1.54, 1.807) is 12.1 Å². The fourth-order valence-electron chi connectivity index (χ4n) is 4.91. The lowest BCUT2D eigenvalue weighted by Crippen LogP contribution is -2.33. The van der Waals surface area contributed by atoms with Gasteiger partial charge in [-0.2, -0.15) is 0 Å². The minimum atomic E-state index is -0.902. The van der Waals surface area contributed by atoms with Crippen LogP contribution in [0.15, 0.2) is 66.7 Å². The molecular formula is C26H30O4. The van der Waals surface area contributed by atoms with Gasteiger partial charge in [0.25, 0.3) is 0 Å². The molecule has 158 valence electrons. The van der Waals surface area contributed by atoms with E-state index in [0.717, 1.165) is 30.4 Å². The van der Waals surface area contributed by atoms with Gasteiger partial charge in [-0.15, -0.1) is 0 Å². The van der Waals surface area contributed by atoms with E-state index in [1.807, 2.05) is 36.4 Å². The van der Waals surface area contributed by atoms with Gasteiger partial charge in [-0.25, -0.2) is 4.79 Å². The highest BCUT2D eigenvalue weighted by Crippen LogP contribution is 2.45. The minimum absolute atomic E-state index is 0.210. The number of rotatable bonds is 7. The number of hydrogen-bond acceptors (Lipinski definition) is 3. The first-order valence-electron chi connectivity index (χ1n) is 10.8. The van der Waals surface area contributed by atoms with Crippen molar-refractivity contribution in [3.8, 4) is 0 Å². The van der Waals surface area contributed by atoms with Crippen LogP contribution in [-0.4, -0.2) is 34.5 Å². The van der Waals surface area contributed by atoms with E-state index in [2.05, 4.69) is 32.1 Å². The molecule has 2 saturated heterocycles. The Balaban J connectivity index is 1.48. The van der Waals surface area contributed by atoms with Crippen molar-refractivity contribution >= 4 is 5.97 Å². The molecular weight excluding hydrogens is 376 g/mol. The fraction of sp³-hybridized carbons (Fsp3) is 0.423. The average molecular weight is 407 g/mol. The molecule has 0 aliphatic carbocycles. The number of hydrogen-bond donors (Lipinski definition) is 2. The summed E-state index contributed by atoms with van der Waals surface area (Å²) in [6.45, 7) is 4.13. The van der Waals surface area contributed by atoms with Gasteiger partial charge in [0.05, 0.1) is 23.9 Å². The predicted molar refractivity (Wildman–Crippen MR) is 117 cm³/mol. The van der Waals surface area contributed by atoms with Gasteiger partial charge < -0.3 is 14.9 Å². The molecule has 0 saturated carbocycles. The molecule has 2 aliphatic rings. The fourth-order valence-corrected chi connectivity index (χ4v) is 4.91. The average Bonchev–Trinajstić information content (AvgIpc) is 3.35. The van der Waals surface area contributed by atoms with Gasteiger partial charge in [0.2, 0.25) is 0 Å². The lowest BCUT2D eigenvalue weighted by molar-refractivity contribution is 0.0696. The Kier molecular flexibility index (Phi) is 5.81. The van der Waals surface area contributed by atoms with Crippen LogP contribution in [0.2, 0.25) is 0 Å². The standard InChI is InChI=1S/C26H30O4/c1-26(2,19-6-4-3-5-7-19)24(27)15-12-20-21(23-14-13-22(20)30-23)16-17-8-10-18(11-9-17)25(28)29/h3-12,15,20-24,27H,13-14,16H2,1-2H3,(H,28,29)/t20-,21+,22-,23+,24?/m0/s1. The van der Waals surface area contributed by atoms with Crippen LogP contribution in [0.1, 0.15) is 48.2 Å². The minimum Gasteiger partial charge on any atom is -0.478 e. The topological polar surface area (TPSA) is 66.8 Å². The van der Waals surface area contributed by atoms with Crippen LogP contribution in [0.25, 0.3) is 0 Å². The van der Waals surface area contributed by atoms with Crippen molar-refractivity contribution in [1.82, 2.24) is 0 Å². The summed E-state index contributed by atoms with van der Waals surface area (Å²) in [5.41, 5.74) is 2.18. The molecule has 2 heterocycles. The zero-order valence-electron chi connectivity index (χ0n) is 17.6. The molecule has 0 amide bonds. The predicted octanol–water partition coefficient (Wildman–Crippen LogP) is 4.62. The third kappa shape index (κ3) is 4.07. The first kappa shape index (κ1) is 20.8. The second-order valence-corrected chi connectivity index (χ2v) is 9.16. The Morgan fingerprint density at radius 2 is 1.77 bits per heavy atom. The highest BCUT2D eigenvalue weighted by molar-refractivity contribution is 5.87. The number of carboxylic acids is 1. The maximum absolute atomic E-state index is 11.1. The zero-order chi connectivity index (χ0) is 21.3. The molecule has 2 aromatic carbocycles. The molecule has 1 unspecified atom stereocenters. The van der Waals surface area contributed by atoms with Gasteiger partial charge >= 0.3 is 5.97 Å². The van der Waals surface area contributed by atoms with Gasteiger partial charge in [0.1, 0.15) is 0 Å². The SMILES string of the molecule is CC(C)(c1ccccc1)C(O)C=C[C@H]1[C@@H](Cc2ccc(C(=O)O)cc2)[C@H]2CC[C@@H]1O2. The van der Waals surface area contributed by atoms with Crippen LogP contribution in [0.5, 0.6) is 0 Å². The number of aromatic carboxylic acids is 1. The summed E-state index contributed by atoms with van der Waals surface area (Å²) in [5.74, 6) is -0.285. The van der Waals surface area contributed by atoms with Crippen molar-refractivity contribution in [2.75, 3.05) is 0 Å². The molecule has 5 atom stereocenters. The van der Waals surface area contributed by atoms with E-state index in [9.17, 15) is 9.90 Å². The monoisotopic (exact) mass is 406 g/mol. The lowest BCUT2D eigenvalue weighted by atomic mass is 9.74. The van der Waals surface area contributed by atoms with Crippen LogP contribution in [0.3, 0.4) is 0 Å². The quantitative estimate of drug-likeness (QED) is 0.659. The summed E-state index contributed by atoms with van der Waals surface area (Å²) in [4.78, 5) is 11.1. The molecule has 4 nitrogen and oxygen atoms in total. The van der Waals surface area contributed by atoms with Crippen LogP contribution < -0.4 is 0 Å². The Hall–Kier alpha value is -2.43. The van der Waals surface area contributed by atoms with Crippen LogP contribution in [0, 0.1) is 11.8 Å². The van der Waals surface area contributed by atoms with Crippen molar-refractivity contribution in [2.45, 2.75) is 56.8 Å². The maximum Gasteiger partial charge on any atom is 0.335 e. The molecule has 2 aliphatic heterocycles. The molecule has 2 N–H and O–H groups in total. The van der Waals surface area contributed by atoms with E-state index < -0.39 is 12.1 Å². The van der Waals surface area contributed by atoms with Crippen LogP contribution >= 0.6 is 0 Å². The molecule has 4 heteroatoms. The zero-order valence-corrected chi connectivity index (χ0v) is 17.6. The molecule has 0 radical (unpaired) electrons. The maximum atomic E-state index is 11.1. The highest BCUT2D eigenvalue weighted by Gasteiger charge is 2.47. The van der Waals surface area contributed by atoms with E-state index in [1.165, 1.54) is 0 Å². The summed E-state index contributed by atoms with van der Waals surface area (Å²) in [7, 11) is 0. The highest BCUT2D eigenvalue weighted by atomic mass is 16.5. The summed E-state index contributed by atoms with van der Waals surface area (Å²) in [6.07, 6.45) is 6.96. The smallest absolute Gasteiger partial charge is 0.335 e. The molecule has 2 aromatic rings. The van der Waals surface area contributed by atoms with Gasteiger partial charge in [-0.3, -0.25) is 0 Å². The van der Waals surface area contributed by atoms with Gasteiger partial charge in [-0.05, 0) is 48.4 Å². The number of aliphatic hydroxyl groups excluding tert-OH is 1. The van der Waals surface area contributed by atoms with Crippen molar-refractivity contribution in [2.24, 2.45) is 11.8 Å². The summed E-state index contributed by atoms with van der Waals surface area (Å²) < 4.78 is 6.21. The number of fused-ring (bicyclic) bond motifs is 2. The summed E-state index contributed by atoms with van der Waals surface area (Å²) >= 11 is 0. The Morgan fingerprint density at radius 3 is 2.43 bits per heavy atom. The number of aliphatic hydroxyl groups is 1. The Bertz CT molecular complexity index is 900. The van der Waals surface area contributed by atoms with Crippen molar-refractivity contribution in [3.05, 3.63) is 83.4 Å². The largest absolute Gasteiger partial charge is 0.478 e. The number of carbonyl (C=O) groups is 1. The first-order valence-corrected chi connectivity index (χ1v) is 10.8. The Morgan fingerprint density at radius 1 is 1.10 bits per heavy atom. The Labute approximate surface area is 178 Å². The number of carboxylic acid groups (broad SMARTS) is 1. The van der Waals surface area contributed by atoms with Crippen molar-refractivity contribution < 1.29 is 19.7 Å². The van der Waals surface area contributed by atoms with Crippen molar-refractivity contribution in [3.63, 3.8) is 0 Å². The third-order valence-corrected chi connectivity index (χ3v) is 6.93. The van der Waals surface area contributed by atoms with Gasteiger partial charge in [0.15, 0.2) is 0 Å². The summed E-state index contributed by atoms with van der Waals surface area (Å²) in [6, 6.07) is 17.3. The normalized spacial score (nSPS) is 26.9. The molecule has 30 heavy (non-hydrogen) atoms. The van der Waals surface area contributed by atoms with E-state index in [0.29, 0.717) is 11.5 Å².